The van der Waals surface area contributed by atoms with Crippen molar-refractivity contribution in [2.24, 2.45) is 0 Å². The summed E-state index contributed by atoms with van der Waals surface area (Å²) in [6, 6.07) is -1.19. The maximum absolute atomic E-state index is 13.2. The van der Waals surface area contributed by atoms with Crippen LogP contribution in [-0.2, 0) is 14.3 Å². The maximum Gasteiger partial charge on any atom is 0.249 e. The minimum atomic E-state index is -1.67. The fourth-order valence-corrected chi connectivity index (χ4v) is 10.8. The Hall–Kier alpha value is -1.67. The van der Waals surface area contributed by atoms with Crippen LogP contribution in [0.4, 0.5) is 0 Å². The normalized spacial score (nSPS) is 19.6. The Bertz CT molecular complexity index is 1360. The molecule has 1 saturated heterocycles. The monoisotopic (exact) mass is 1110 g/mol. The van der Waals surface area contributed by atoms with E-state index < -0.39 is 74.2 Å². The van der Waals surface area contributed by atoms with E-state index in [-0.39, 0.29) is 12.8 Å². The van der Waals surface area contributed by atoms with Crippen molar-refractivity contribution < 1.29 is 50.0 Å². The summed E-state index contributed by atoms with van der Waals surface area (Å²) >= 11 is 0. The highest BCUT2D eigenvalue weighted by Gasteiger charge is 2.44. The number of carbonyl (C=O) groups excluding carboxylic acids is 1. The number of hydrogen-bond acceptors (Lipinski definition) is 10. The summed E-state index contributed by atoms with van der Waals surface area (Å²) in [4.78, 5) is 13.2. The molecule has 0 radical (unpaired) electrons. The molecule has 0 aliphatic carbocycles. The number of allylic oxidation sites excluding steroid dienone is 6. The summed E-state index contributed by atoms with van der Waals surface area (Å²) in [5.41, 5.74) is 0. The van der Waals surface area contributed by atoms with E-state index >= 15 is 0 Å². The smallest absolute Gasteiger partial charge is 0.249 e. The fraction of sp³-hybridized carbons (Fsp3) is 0.896. The third kappa shape index (κ3) is 43.1. The molecule has 0 saturated carbocycles. The molecule has 1 rings (SSSR count). The SMILES string of the molecule is CCCCCCCCCCCCCC/C=C/CC/C=C/CC/C=C/CCCC(O)C(O)C(COC1OC(CO)C(O)C(O)C1O)NC(=O)C(O)CCCCCCCCCCCCCCCCCCCCCCCCCCCC. The van der Waals surface area contributed by atoms with Crippen LogP contribution < -0.4 is 5.32 Å². The van der Waals surface area contributed by atoms with Gasteiger partial charge in [-0.1, -0.05) is 288 Å². The van der Waals surface area contributed by atoms with Crippen LogP contribution in [0.5, 0.6) is 0 Å². The molecule has 1 heterocycles. The molecule has 0 aromatic heterocycles. The topological polar surface area (TPSA) is 189 Å². The maximum atomic E-state index is 13.2. The van der Waals surface area contributed by atoms with E-state index in [2.05, 4.69) is 55.6 Å². The van der Waals surface area contributed by atoms with E-state index in [1.165, 1.54) is 225 Å². The molecule has 1 aliphatic heterocycles. The number of nitrogens with one attached hydrogen (secondary N) is 1. The Morgan fingerprint density at radius 1 is 0.436 bits per heavy atom. The van der Waals surface area contributed by atoms with E-state index in [4.69, 9.17) is 9.47 Å². The summed E-state index contributed by atoms with van der Waals surface area (Å²) in [6.07, 6.45) is 59.3. The minimum absolute atomic E-state index is 0.243. The second-order valence-corrected chi connectivity index (χ2v) is 23.5. The third-order valence-corrected chi connectivity index (χ3v) is 16.2. The molecule has 0 aromatic carbocycles. The van der Waals surface area contributed by atoms with E-state index in [0.29, 0.717) is 19.3 Å². The van der Waals surface area contributed by atoms with Gasteiger partial charge in [0.15, 0.2) is 6.29 Å². The van der Waals surface area contributed by atoms with Gasteiger partial charge in [0.25, 0.3) is 0 Å². The number of carbonyl (C=O) groups is 1. The van der Waals surface area contributed by atoms with Crippen LogP contribution in [0.1, 0.15) is 316 Å². The van der Waals surface area contributed by atoms with Gasteiger partial charge in [0.05, 0.1) is 25.4 Å². The summed E-state index contributed by atoms with van der Waals surface area (Å²) in [5.74, 6) is -0.707. The summed E-state index contributed by atoms with van der Waals surface area (Å²) in [6.45, 7) is 3.48. The van der Waals surface area contributed by atoms with Crippen molar-refractivity contribution in [2.45, 2.75) is 371 Å². The number of unbranched alkanes of at least 4 members (excludes halogenated alkanes) is 40. The number of aliphatic hydroxyl groups excluding tert-OH is 7. The lowest BCUT2D eigenvalue weighted by atomic mass is 9.98. The first-order chi connectivity index (χ1) is 38.2. The van der Waals surface area contributed by atoms with E-state index in [1.54, 1.807) is 0 Å². The minimum Gasteiger partial charge on any atom is -0.394 e. The average Bonchev–Trinajstić information content (AvgIpc) is 3.46. The lowest BCUT2D eigenvalue weighted by molar-refractivity contribution is -0.303. The first-order valence-electron chi connectivity index (χ1n) is 33.4. The molecule has 78 heavy (non-hydrogen) atoms. The van der Waals surface area contributed by atoms with Crippen molar-refractivity contribution in [3.05, 3.63) is 36.5 Å². The molecular weight excluding hydrogens is 979 g/mol. The second kappa shape index (κ2) is 55.8. The van der Waals surface area contributed by atoms with Crippen molar-refractivity contribution >= 4 is 5.91 Å². The molecular formula is C67H127NO10. The van der Waals surface area contributed by atoms with Gasteiger partial charge < -0.3 is 50.5 Å². The molecule has 0 aromatic rings. The average molecular weight is 1110 g/mol. The Morgan fingerprint density at radius 3 is 1.14 bits per heavy atom. The molecule has 9 unspecified atom stereocenters. The van der Waals surface area contributed by atoms with Gasteiger partial charge in [-0.25, -0.2) is 0 Å². The standard InChI is InChI=1S/C67H127NO10/c1-3-5-7-9-11-13-15-17-19-21-23-25-27-29-31-33-35-37-39-41-43-45-47-49-51-53-55-60(71)66(76)68-58(57-77-67-65(75)64(74)63(73)61(56-69)78-67)62(72)59(70)54-52-50-48-46-44-42-40-38-36-34-32-30-28-26-24-22-20-18-16-14-12-10-8-6-4-2/h30,32,38,40,46,48,58-65,67,69-75H,3-29,31,33-37,39,41-45,47,49-57H2,1-2H3,(H,68,76)/b32-30+,40-38+,48-46+. The van der Waals surface area contributed by atoms with Gasteiger partial charge in [-0.05, 0) is 64.2 Å². The molecule has 8 N–H and O–H groups in total. The zero-order valence-corrected chi connectivity index (χ0v) is 50.7. The largest absolute Gasteiger partial charge is 0.394 e. The van der Waals surface area contributed by atoms with Crippen LogP contribution in [0.3, 0.4) is 0 Å². The van der Waals surface area contributed by atoms with Crippen molar-refractivity contribution in [1.82, 2.24) is 5.32 Å². The lowest BCUT2D eigenvalue weighted by Crippen LogP contribution is -2.60. The van der Waals surface area contributed by atoms with Crippen LogP contribution in [-0.4, -0.2) is 110 Å². The van der Waals surface area contributed by atoms with Gasteiger partial charge >= 0.3 is 0 Å². The zero-order chi connectivity index (χ0) is 56.8. The number of hydrogen-bond donors (Lipinski definition) is 8. The van der Waals surface area contributed by atoms with Crippen LogP contribution in [0.25, 0.3) is 0 Å². The number of rotatable bonds is 58. The van der Waals surface area contributed by atoms with Gasteiger partial charge in [0, 0.05) is 0 Å². The Morgan fingerprint density at radius 2 is 0.769 bits per heavy atom. The van der Waals surface area contributed by atoms with Crippen LogP contribution >= 0.6 is 0 Å². The highest BCUT2D eigenvalue weighted by molar-refractivity contribution is 5.80. The third-order valence-electron chi connectivity index (χ3n) is 16.2. The van der Waals surface area contributed by atoms with Crippen LogP contribution in [0.15, 0.2) is 36.5 Å². The number of ether oxygens (including phenoxy) is 2. The summed E-state index contributed by atoms with van der Waals surface area (Å²) in [5, 5.41) is 76.4. The van der Waals surface area contributed by atoms with Crippen molar-refractivity contribution in [1.29, 1.82) is 0 Å². The van der Waals surface area contributed by atoms with Crippen molar-refractivity contribution in [3.8, 4) is 0 Å². The van der Waals surface area contributed by atoms with Crippen molar-refractivity contribution in [3.63, 3.8) is 0 Å². The zero-order valence-electron chi connectivity index (χ0n) is 50.7. The highest BCUT2D eigenvalue weighted by atomic mass is 16.7. The molecule has 9 atom stereocenters. The first-order valence-corrected chi connectivity index (χ1v) is 33.4. The molecule has 11 heteroatoms. The second-order valence-electron chi connectivity index (χ2n) is 23.5. The van der Waals surface area contributed by atoms with Gasteiger partial charge in [0.2, 0.25) is 5.91 Å². The molecule has 1 aliphatic rings. The molecule has 1 amide bonds. The predicted octanol–water partition coefficient (Wildman–Crippen LogP) is 15.4. The summed E-state index contributed by atoms with van der Waals surface area (Å²) in [7, 11) is 0. The quantitative estimate of drug-likeness (QED) is 0.0215. The van der Waals surface area contributed by atoms with E-state index in [9.17, 15) is 40.5 Å². The van der Waals surface area contributed by atoms with Gasteiger partial charge in [0.1, 0.15) is 36.6 Å². The van der Waals surface area contributed by atoms with E-state index in [0.717, 1.165) is 44.9 Å². The van der Waals surface area contributed by atoms with Crippen molar-refractivity contribution in [2.75, 3.05) is 13.2 Å². The first kappa shape index (κ1) is 74.3. The highest BCUT2D eigenvalue weighted by Crippen LogP contribution is 2.24. The molecule has 0 bridgehead atoms. The summed E-state index contributed by atoms with van der Waals surface area (Å²) < 4.78 is 11.2. The fourth-order valence-electron chi connectivity index (χ4n) is 10.8. The van der Waals surface area contributed by atoms with Crippen LogP contribution in [0.2, 0.25) is 0 Å². The Labute approximate surface area is 479 Å². The Balaban J connectivity index is 2.27. The molecule has 11 nitrogen and oxygen atoms in total. The van der Waals surface area contributed by atoms with E-state index in [1.807, 2.05) is 0 Å². The van der Waals surface area contributed by atoms with Crippen LogP contribution in [0, 0.1) is 0 Å². The number of aliphatic hydroxyl groups is 7. The molecule has 0 spiro atoms. The lowest BCUT2D eigenvalue weighted by Gasteiger charge is -2.40. The van der Waals surface area contributed by atoms with Gasteiger partial charge in [-0.2, -0.15) is 0 Å². The van der Waals surface area contributed by atoms with Gasteiger partial charge in [-0.3, -0.25) is 4.79 Å². The number of amides is 1. The predicted molar refractivity (Wildman–Crippen MR) is 325 cm³/mol. The van der Waals surface area contributed by atoms with Gasteiger partial charge in [-0.15, -0.1) is 0 Å². The molecule has 1 fully saturated rings. The Kier molecular flexibility index (Phi) is 53.2. The molecule has 460 valence electrons.